The molecule has 104 valence electrons. The van der Waals surface area contributed by atoms with Crippen LogP contribution in [0.3, 0.4) is 0 Å². The maximum absolute atomic E-state index is 12.8. The van der Waals surface area contributed by atoms with Crippen molar-refractivity contribution in [2.75, 3.05) is 5.32 Å². The average Bonchev–Trinajstić information content (AvgIpc) is 2.41. The summed E-state index contributed by atoms with van der Waals surface area (Å²) in [5.41, 5.74) is 1.17. The highest BCUT2D eigenvalue weighted by Gasteiger charge is 2.06. The highest BCUT2D eigenvalue weighted by atomic mass is 32.2. The monoisotopic (exact) mass is 289 g/mol. The predicted octanol–water partition coefficient (Wildman–Crippen LogP) is 4.58. The number of hydrogen-bond donors (Lipinski definition) is 1. The summed E-state index contributed by atoms with van der Waals surface area (Å²) in [4.78, 5) is 13.2. The second kappa shape index (κ2) is 6.57. The van der Waals surface area contributed by atoms with Gasteiger partial charge in [0.25, 0.3) is 5.91 Å². The van der Waals surface area contributed by atoms with Crippen molar-refractivity contribution in [2.45, 2.75) is 24.0 Å². The molecule has 1 N–H and O–H groups in total. The molecule has 0 saturated carbocycles. The molecule has 0 bridgehead atoms. The van der Waals surface area contributed by atoms with E-state index in [4.69, 9.17) is 0 Å². The minimum absolute atomic E-state index is 0.197. The Bertz CT molecular complexity index is 578. The highest BCUT2D eigenvalue weighted by Crippen LogP contribution is 2.23. The molecule has 2 rings (SSSR count). The van der Waals surface area contributed by atoms with Gasteiger partial charge in [0.2, 0.25) is 0 Å². The fourth-order valence-corrected chi connectivity index (χ4v) is 2.53. The molecule has 0 aliphatic heterocycles. The third-order valence-electron chi connectivity index (χ3n) is 2.59. The summed E-state index contributed by atoms with van der Waals surface area (Å²) in [7, 11) is 0. The third kappa shape index (κ3) is 4.10. The molecule has 0 radical (unpaired) electrons. The van der Waals surface area contributed by atoms with Crippen molar-refractivity contribution in [1.82, 2.24) is 0 Å². The van der Waals surface area contributed by atoms with Crippen LogP contribution in [-0.4, -0.2) is 11.2 Å². The molecule has 2 nitrogen and oxygen atoms in total. The van der Waals surface area contributed by atoms with Crippen molar-refractivity contribution in [1.29, 1.82) is 0 Å². The summed E-state index contributed by atoms with van der Waals surface area (Å²) < 4.78 is 12.8. The molecule has 0 aromatic heterocycles. The lowest BCUT2D eigenvalue weighted by atomic mass is 10.2. The summed E-state index contributed by atoms with van der Waals surface area (Å²) in [6.45, 7) is 4.25. The van der Waals surface area contributed by atoms with E-state index in [1.807, 2.05) is 12.1 Å². The molecule has 0 unspecified atom stereocenters. The van der Waals surface area contributed by atoms with Crippen LogP contribution < -0.4 is 5.32 Å². The number of nitrogens with one attached hydrogen (secondary N) is 1. The van der Waals surface area contributed by atoms with Gasteiger partial charge in [-0.05, 0) is 48.5 Å². The van der Waals surface area contributed by atoms with Crippen LogP contribution in [0.5, 0.6) is 0 Å². The maximum atomic E-state index is 12.8. The fourth-order valence-electron chi connectivity index (χ4n) is 1.69. The van der Waals surface area contributed by atoms with Crippen LogP contribution in [0.4, 0.5) is 10.1 Å². The molecule has 1 amide bonds. The number of amides is 1. The summed E-state index contributed by atoms with van der Waals surface area (Å²) in [6, 6.07) is 13.2. The Morgan fingerprint density at radius 1 is 1.05 bits per heavy atom. The van der Waals surface area contributed by atoms with Gasteiger partial charge in [0.05, 0.1) is 0 Å². The van der Waals surface area contributed by atoms with Gasteiger partial charge in [-0.2, -0.15) is 0 Å². The zero-order valence-corrected chi connectivity index (χ0v) is 12.2. The first-order valence-electron chi connectivity index (χ1n) is 6.38. The van der Waals surface area contributed by atoms with Crippen LogP contribution in [0.15, 0.2) is 53.4 Å². The molecular formula is C16H16FNOS. The zero-order valence-electron chi connectivity index (χ0n) is 11.4. The van der Waals surface area contributed by atoms with Crippen LogP contribution in [-0.2, 0) is 0 Å². The Hall–Kier alpha value is -1.81. The third-order valence-corrected chi connectivity index (χ3v) is 3.61. The Kier molecular flexibility index (Phi) is 4.79. The van der Waals surface area contributed by atoms with Crippen LogP contribution >= 0.6 is 11.8 Å². The average molecular weight is 289 g/mol. The molecule has 20 heavy (non-hydrogen) atoms. The number of benzene rings is 2. The summed E-state index contributed by atoms with van der Waals surface area (Å²) in [5.74, 6) is -0.518. The first kappa shape index (κ1) is 14.6. The van der Waals surface area contributed by atoms with E-state index in [1.165, 1.54) is 24.3 Å². The van der Waals surface area contributed by atoms with Gasteiger partial charge in [0.15, 0.2) is 0 Å². The Morgan fingerprint density at radius 3 is 2.20 bits per heavy atom. The molecule has 2 aromatic rings. The summed E-state index contributed by atoms with van der Waals surface area (Å²) in [5, 5.41) is 3.24. The molecule has 0 aliphatic rings. The van der Waals surface area contributed by atoms with Gasteiger partial charge in [-0.25, -0.2) is 4.39 Å². The lowest BCUT2D eigenvalue weighted by Crippen LogP contribution is -2.11. The quantitative estimate of drug-likeness (QED) is 0.835. The Labute approximate surface area is 122 Å². The van der Waals surface area contributed by atoms with Gasteiger partial charge in [-0.15, -0.1) is 11.8 Å². The maximum Gasteiger partial charge on any atom is 0.255 e. The fraction of sp³-hybridized carbons (Fsp3) is 0.188. The number of carbonyl (C=O) groups is 1. The predicted molar refractivity (Wildman–Crippen MR) is 81.8 cm³/mol. The number of hydrogen-bond acceptors (Lipinski definition) is 2. The zero-order chi connectivity index (χ0) is 14.5. The standard InChI is InChI=1S/C16H16FNOS/c1-11(2)20-15-9-3-12(4-10-15)16(19)18-14-7-5-13(17)6-8-14/h3-11H,1-2H3,(H,18,19). The smallest absolute Gasteiger partial charge is 0.255 e. The van der Waals surface area contributed by atoms with E-state index in [-0.39, 0.29) is 11.7 Å². The lowest BCUT2D eigenvalue weighted by molar-refractivity contribution is 0.102. The van der Waals surface area contributed by atoms with Crippen molar-refractivity contribution in [3.63, 3.8) is 0 Å². The van der Waals surface area contributed by atoms with E-state index >= 15 is 0 Å². The number of thioether (sulfide) groups is 1. The van der Waals surface area contributed by atoms with Gasteiger partial charge in [0, 0.05) is 21.4 Å². The molecule has 0 heterocycles. The number of carbonyl (C=O) groups excluding carboxylic acids is 1. The summed E-state index contributed by atoms with van der Waals surface area (Å²) >= 11 is 1.75. The minimum atomic E-state index is -0.321. The van der Waals surface area contributed by atoms with Crippen LogP contribution in [0, 0.1) is 5.82 Å². The SMILES string of the molecule is CC(C)Sc1ccc(C(=O)Nc2ccc(F)cc2)cc1. The number of rotatable bonds is 4. The van der Waals surface area contributed by atoms with Crippen LogP contribution in [0.25, 0.3) is 0 Å². The van der Waals surface area contributed by atoms with Gasteiger partial charge < -0.3 is 5.32 Å². The number of halogens is 1. The second-order valence-electron chi connectivity index (χ2n) is 4.65. The van der Waals surface area contributed by atoms with E-state index in [1.54, 1.807) is 23.9 Å². The molecule has 0 aliphatic carbocycles. The highest BCUT2D eigenvalue weighted by molar-refractivity contribution is 7.99. The molecule has 2 aromatic carbocycles. The summed E-state index contributed by atoms with van der Waals surface area (Å²) in [6.07, 6.45) is 0. The number of anilines is 1. The molecular weight excluding hydrogens is 273 g/mol. The van der Waals surface area contributed by atoms with Crippen molar-refractivity contribution in [2.24, 2.45) is 0 Å². The topological polar surface area (TPSA) is 29.1 Å². The molecule has 0 saturated heterocycles. The molecule has 0 atom stereocenters. The van der Waals surface area contributed by atoms with Crippen molar-refractivity contribution in [3.8, 4) is 0 Å². The van der Waals surface area contributed by atoms with Crippen molar-refractivity contribution in [3.05, 3.63) is 59.9 Å². The minimum Gasteiger partial charge on any atom is -0.322 e. The van der Waals surface area contributed by atoms with E-state index in [0.29, 0.717) is 16.5 Å². The van der Waals surface area contributed by atoms with E-state index in [2.05, 4.69) is 19.2 Å². The van der Waals surface area contributed by atoms with Gasteiger partial charge in [-0.3, -0.25) is 4.79 Å². The largest absolute Gasteiger partial charge is 0.322 e. The van der Waals surface area contributed by atoms with Gasteiger partial charge in [-0.1, -0.05) is 13.8 Å². The molecule has 0 spiro atoms. The van der Waals surface area contributed by atoms with Crippen LogP contribution in [0.2, 0.25) is 0 Å². The van der Waals surface area contributed by atoms with E-state index < -0.39 is 0 Å². The van der Waals surface area contributed by atoms with Crippen molar-refractivity contribution >= 4 is 23.4 Å². The van der Waals surface area contributed by atoms with Gasteiger partial charge in [0.1, 0.15) is 5.82 Å². The first-order chi connectivity index (χ1) is 9.54. The Balaban J connectivity index is 2.03. The van der Waals surface area contributed by atoms with E-state index in [9.17, 15) is 9.18 Å². The normalized spacial score (nSPS) is 10.6. The Morgan fingerprint density at radius 2 is 1.65 bits per heavy atom. The van der Waals surface area contributed by atoms with Gasteiger partial charge >= 0.3 is 0 Å². The second-order valence-corrected chi connectivity index (χ2v) is 6.30. The van der Waals surface area contributed by atoms with Crippen molar-refractivity contribution < 1.29 is 9.18 Å². The lowest BCUT2D eigenvalue weighted by Gasteiger charge is -2.07. The van der Waals surface area contributed by atoms with Crippen LogP contribution in [0.1, 0.15) is 24.2 Å². The first-order valence-corrected chi connectivity index (χ1v) is 7.26. The van der Waals surface area contributed by atoms with E-state index in [0.717, 1.165) is 4.90 Å². The molecule has 0 fully saturated rings. The molecule has 4 heteroatoms.